The molecule has 1 aromatic heterocycles. The molecule has 1 atom stereocenters. The average Bonchev–Trinajstić information content (AvgIpc) is 2.52. The van der Waals surface area contributed by atoms with Gasteiger partial charge in [0.25, 0.3) is 0 Å². The van der Waals surface area contributed by atoms with Gasteiger partial charge in [-0.1, -0.05) is 6.92 Å². The highest BCUT2D eigenvalue weighted by Gasteiger charge is 2.23. The lowest BCUT2D eigenvalue weighted by atomic mass is 9.92. The van der Waals surface area contributed by atoms with Gasteiger partial charge in [-0.2, -0.15) is 11.8 Å². The third-order valence-corrected chi connectivity index (χ3v) is 4.81. The predicted molar refractivity (Wildman–Crippen MR) is 84.3 cm³/mol. The molecule has 1 aromatic rings. The summed E-state index contributed by atoms with van der Waals surface area (Å²) in [6, 6.07) is 0.256. The van der Waals surface area contributed by atoms with Gasteiger partial charge in [0.2, 0.25) is 5.88 Å². The van der Waals surface area contributed by atoms with E-state index in [1.807, 2.05) is 0 Å². The van der Waals surface area contributed by atoms with Gasteiger partial charge in [-0.3, -0.25) is 4.98 Å². The molecule has 0 aromatic carbocycles. The predicted octanol–water partition coefficient (Wildman–Crippen LogP) is 3.06. The second-order valence-electron chi connectivity index (χ2n) is 5.25. The van der Waals surface area contributed by atoms with Gasteiger partial charge in [-0.25, -0.2) is 4.98 Å². The zero-order chi connectivity index (χ0) is 14.2. The van der Waals surface area contributed by atoms with Crippen LogP contribution in [0.2, 0.25) is 0 Å². The molecular formula is C15H25N3OS. The molecule has 112 valence electrons. The van der Waals surface area contributed by atoms with Crippen LogP contribution in [0.3, 0.4) is 0 Å². The van der Waals surface area contributed by atoms with Gasteiger partial charge < -0.3 is 10.1 Å². The summed E-state index contributed by atoms with van der Waals surface area (Å²) >= 11 is 2.07. The fourth-order valence-corrected chi connectivity index (χ4v) is 3.86. The molecule has 0 aliphatic carbocycles. The number of hydrogen-bond donors (Lipinski definition) is 1. The van der Waals surface area contributed by atoms with Crippen molar-refractivity contribution in [1.82, 2.24) is 15.3 Å². The normalized spacial score (nSPS) is 17.9. The molecule has 1 unspecified atom stereocenters. The molecule has 1 aliphatic heterocycles. The first-order chi connectivity index (χ1) is 9.85. The van der Waals surface area contributed by atoms with Crippen molar-refractivity contribution in [2.45, 2.75) is 38.6 Å². The molecule has 1 N–H and O–H groups in total. The summed E-state index contributed by atoms with van der Waals surface area (Å²) in [6.07, 6.45) is 8.34. The van der Waals surface area contributed by atoms with Gasteiger partial charge in [0.1, 0.15) is 5.69 Å². The second-order valence-corrected chi connectivity index (χ2v) is 6.47. The number of methoxy groups -OCH3 is 1. The molecule has 1 saturated heterocycles. The summed E-state index contributed by atoms with van der Waals surface area (Å²) in [7, 11) is 1.67. The van der Waals surface area contributed by atoms with Crippen molar-refractivity contribution < 1.29 is 4.74 Å². The van der Waals surface area contributed by atoms with E-state index >= 15 is 0 Å². The molecule has 4 nitrogen and oxygen atoms in total. The Balaban J connectivity index is 2.08. The number of thioether (sulfide) groups is 1. The third-order valence-electron chi connectivity index (χ3n) is 3.77. The SMILES string of the molecule is CCCNC(CC1CCSCC1)c1nccnc1OC. The number of hydrogen-bond acceptors (Lipinski definition) is 5. The fraction of sp³-hybridized carbons (Fsp3) is 0.733. The molecular weight excluding hydrogens is 270 g/mol. The van der Waals surface area contributed by atoms with Crippen molar-refractivity contribution in [3.05, 3.63) is 18.1 Å². The molecule has 0 bridgehead atoms. The van der Waals surface area contributed by atoms with Crippen molar-refractivity contribution in [1.29, 1.82) is 0 Å². The minimum absolute atomic E-state index is 0.256. The van der Waals surface area contributed by atoms with Gasteiger partial charge in [0.05, 0.1) is 13.2 Å². The van der Waals surface area contributed by atoms with E-state index in [1.165, 1.54) is 24.3 Å². The van der Waals surface area contributed by atoms with E-state index in [2.05, 4.69) is 34.0 Å². The Kier molecular flexibility index (Phi) is 6.60. The molecule has 2 heterocycles. The van der Waals surface area contributed by atoms with Crippen molar-refractivity contribution in [3.63, 3.8) is 0 Å². The lowest BCUT2D eigenvalue weighted by Crippen LogP contribution is -2.27. The van der Waals surface area contributed by atoms with E-state index in [0.717, 1.165) is 31.0 Å². The topological polar surface area (TPSA) is 47.0 Å². The van der Waals surface area contributed by atoms with Crippen LogP contribution < -0.4 is 10.1 Å². The third kappa shape index (κ3) is 4.35. The zero-order valence-corrected chi connectivity index (χ0v) is 13.3. The molecule has 0 spiro atoms. The van der Waals surface area contributed by atoms with E-state index in [1.54, 1.807) is 19.5 Å². The Morgan fingerprint density at radius 2 is 2.10 bits per heavy atom. The van der Waals surface area contributed by atoms with Crippen LogP contribution in [0.25, 0.3) is 0 Å². The lowest BCUT2D eigenvalue weighted by molar-refractivity contribution is 0.339. The van der Waals surface area contributed by atoms with Crippen molar-refractivity contribution in [3.8, 4) is 5.88 Å². The zero-order valence-electron chi connectivity index (χ0n) is 12.5. The van der Waals surface area contributed by atoms with Crippen LogP contribution in [0.5, 0.6) is 5.88 Å². The van der Waals surface area contributed by atoms with E-state index in [4.69, 9.17) is 4.74 Å². The van der Waals surface area contributed by atoms with Gasteiger partial charge >= 0.3 is 0 Å². The molecule has 0 saturated carbocycles. The standard InChI is InChI=1S/C15H25N3OS/c1-3-6-16-13(11-12-4-9-20-10-5-12)14-15(19-2)18-8-7-17-14/h7-8,12-13,16H,3-6,9-11H2,1-2H3. The number of nitrogens with one attached hydrogen (secondary N) is 1. The molecule has 5 heteroatoms. The summed E-state index contributed by atoms with van der Waals surface area (Å²) in [5.41, 5.74) is 0.960. The average molecular weight is 295 g/mol. The Hall–Kier alpha value is -0.810. The summed E-state index contributed by atoms with van der Waals surface area (Å²) in [6.45, 7) is 3.20. The number of rotatable bonds is 7. The maximum Gasteiger partial charge on any atom is 0.236 e. The number of aromatic nitrogens is 2. The monoisotopic (exact) mass is 295 g/mol. The maximum absolute atomic E-state index is 5.38. The number of ether oxygens (including phenoxy) is 1. The van der Waals surface area contributed by atoms with Crippen LogP contribution in [0, 0.1) is 5.92 Å². The Bertz CT molecular complexity index is 396. The summed E-state index contributed by atoms with van der Waals surface area (Å²) in [5, 5.41) is 3.62. The first-order valence-corrected chi connectivity index (χ1v) is 8.66. The molecule has 1 fully saturated rings. The summed E-state index contributed by atoms with van der Waals surface area (Å²) < 4.78 is 5.38. The summed E-state index contributed by atoms with van der Waals surface area (Å²) in [5.74, 6) is 4.04. The molecule has 2 rings (SSSR count). The second kappa shape index (κ2) is 8.47. The van der Waals surface area contributed by atoms with E-state index in [9.17, 15) is 0 Å². The summed E-state index contributed by atoms with van der Waals surface area (Å²) in [4.78, 5) is 8.80. The fourth-order valence-electron chi connectivity index (χ4n) is 2.66. The minimum atomic E-state index is 0.256. The largest absolute Gasteiger partial charge is 0.480 e. The van der Waals surface area contributed by atoms with E-state index in [0.29, 0.717) is 5.88 Å². The van der Waals surface area contributed by atoms with Crippen molar-refractivity contribution in [2.24, 2.45) is 5.92 Å². The molecule has 1 aliphatic rings. The van der Waals surface area contributed by atoms with Crippen LogP contribution in [0.1, 0.15) is 44.3 Å². The van der Waals surface area contributed by atoms with Crippen LogP contribution >= 0.6 is 11.8 Å². The van der Waals surface area contributed by atoms with Gasteiger partial charge in [-0.05, 0) is 49.7 Å². The van der Waals surface area contributed by atoms with Gasteiger partial charge in [-0.15, -0.1) is 0 Å². The van der Waals surface area contributed by atoms with Crippen LogP contribution in [0.15, 0.2) is 12.4 Å². The van der Waals surface area contributed by atoms with Crippen LogP contribution in [0.4, 0.5) is 0 Å². The van der Waals surface area contributed by atoms with Gasteiger partial charge in [0, 0.05) is 12.4 Å². The van der Waals surface area contributed by atoms with Crippen molar-refractivity contribution in [2.75, 3.05) is 25.2 Å². The maximum atomic E-state index is 5.38. The Morgan fingerprint density at radius 3 is 2.80 bits per heavy atom. The smallest absolute Gasteiger partial charge is 0.236 e. The van der Waals surface area contributed by atoms with Crippen LogP contribution in [-0.2, 0) is 0 Å². The molecule has 0 amide bonds. The molecule has 20 heavy (non-hydrogen) atoms. The highest BCUT2D eigenvalue weighted by atomic mass is 32.2. The quantitative estimate of drug-likeness (QED) is 0.837. The lowest BCUT2D eigenvalue weighted by Gasteiger charge is -2.27. The Morgan fingerprint density at radius 1 is 1.35 bits per heavy atom. The van der Waals surface area contributed by atoms with E-state index in [-0.39, 0.29) is 6.04 Å². The Labute approximate surface area is 126 Å². The number of nitrogens with zero attached hydrogens (tertiary/aromatic N) is 2. The van der Waals surface area contributed by atoms with Gasteiger partial charge in [0.15, 0.2) is 0 Å². The van der Waals surface area contributed by atoms with E-state index < -0.39 is 0 Å². The first-order valence-electron chi connectivity index (χ1n) is 7.51. The molecule has 0 radical (unpaired) electrons. The highest BCUT2D eigenvalue weighted by molar-refractivity contribution is 7.99. The highest BCUT2D eigenvalue weighted by Crippen LogP contribution is 2.32. The minimum Gasteiger partial charge on any atom is -0.480 e. The van der Waals surface area contributed by atoms with Crippen LogP contribution in [-0.4, -0.2) is 35.1 Å². The van der Waals surface area contributed by atoms with Crippen molar-refractivity contribution >= 4 is 11.8 Å². The first kappa shape index (κ1) is 15.6.